The van der Waals surface area contributed by atoms with Gasteiger partial charge in [0.1, 0.15) is 24.7 Å². The molecule has 0 bridgehead atoms. The molecule has 6 nitrogen and oxygen atoms in total. The Morgan fingerprint density at radius 1 is 0.438 bits per heavy atom. The van der Waals surface area contributed by atoms with Gasteiger partial charge >= 0.3 is 11.9 Å². The van der Waals surface area contributed by atoms with Crippen LogP contribution in [0.15, 0.2) is 194 Å². The summed E-state index contributed by atoms with van der Waals surface area (Å²) >= 11 is 12.7. The smallest absolute Gasteiger partial charge is 0.310 e. The average Bonchev–Trinajstić information content (AvgIpc) is 3.31. The molecule has 64 heavy (non-hydrogen) atoms. The van der Waals surface area contributed by atoms with Crippen LogP contribution >= 0.6 is 23.2 Å². The number of rotatable bonds is 15. The zero-order valence-electron chi connectivity index (χ0n) is 35.3. The first-order valence-electron chi connectivity index (χ1n) is 20.9. The summed E-state index contributed by atoms with van der Waals surface area (Å²) in [6.07, 6.45) is 0.227. The molecular formula is C56H46Cl2O6. The van der Waals surface area contributed by atoms with Gasteiger partial charge in [-0.2, -0.15) is 0 Å². The number of benzene rings is 8. The van der Waals surface area contributed by atoms with Crippen LogP contribution in [0, 0.1) is 0 Å². The van der Waals surface area contributed by atoms with Crippen molar-refractivity contribution < 1.29 is 28.9 Å². The largest absolute Gasteiger partial charge is 0.488 e. The number of hydrogen-bond acceptors (Lipinski definition) is 5. The Morgan fingerprint density at radius 2 is 0.844 bits per heavy atom. The molecule has 0 spiro atoms. The SMILES string of the molecule is CCOC(=O)Cc1cccc(-c2ccccc2-c2cc(Cl)ccc2OCc2ccccc2)c1.O=C(O)Cc1cccc(-c2ccccc2-c2cc(Cl)ccc2OCc2ccccc2)c1. The minimum atomic E-state index is -0.850. The molecule has 0 unspecified atom stereocenters. The summed E-state index contributed by atoms with van der Waals surface area (Å²) in [4.78, 5) is 23.1. The van der Waals surface area contributed by atoms with Crippen molar-refractivity contribution in [2.24, 2.45) is 0 Å². The molecule has 0 radical (unpaired) electrons. The van der Waals surface area contributed by atoms with Crippen LogP contribution in [0.5, 0.6) is 11.5 Å². The summed E-state index contributed by atoms with van der Waals surface area (Å²) < 4.78 is 17.5. The maximum absolute atomic E-state index is 12.0. The second-order valence-corrected chi connectivity index (χ2v) is 15.7. The zero-order chi connectivity index (χ0) is 44.7. The standard InChI is InChI=1S/C29H25ClO3.C27H21ClO3/c1-2-32-29(31)18-22-11-8-12-23(17-22)25-13-6-7-14-26(25)27-19-24(30)15-16-28(27)33-20-21-9-4-3-5-10-21;28-22-13-14-26(31-18-19-7-2-1-3-8-19)25(17-22)24-12-5-4-11-23(24)21-10-6-9-20(15-21)16-27(29)30/h3-17,19H,2,18,20H2,1H3;1-15,17H,16,18H2,(H,29,30). The Hall–Kier alpha value is -7.12. The first-order chi connectivity index (χ1) is 31.2. The number of esters is 1. The summed E-state index contributed by atoms with van der Waals surface area (Å²) in [6, 6.07) is 63.1. The van der Waals surface area contributed by atoms with Gasteiger partial charge in [0.2, 0.25) is 0 Å². The molecule has 0 fully saturated rings. The molecule has 0 aliphatic rings. The van der Waals surface area contributed by atoms with Crippen LogP contribution in [-0.4, -0.2) is 23.7 Å². The topological polar surface area (TPSA) is 82.1 Å². The molecule has 0 saturated heterocycles. The molecule has 0 heterocycles. The Balaban J connectivity index is 0.000000192. The number of hydrogen-bond donors (Lipinski definition) is 1. The second-order valence-electron chi connectivity index (χ2n) is 14.9. The highest BCUT2D eigenvalue weighted by molar-refractivity contribution is 6.31. The number of carbonyl (C=O) groups is 2. The van der Waals surface area contributed by atoms with Gasteiger partial charge in [-0.3, -0.25) is 9.59 Å². The van der Waals surface area contributed by atoms with E-state index >= 15 is 0 Å². The van der Waals surface area contributed by atoms with E-state index < -0.39 is 5.97 Å². The van der Waals surface area contributed by atoms with E-state index in [4.69, 9.17) is 42.5 Å². The number of aliphatic carboxylic acids is 1. The summed E-state index contributed by atoms with van der Waals surface area (Å²) in [5, 5.41) is 10.4. The molecule has 0 saturated carbocycles. The Kier molecular flexibility index (Phi) is 15.6. The molecule has 0 amide bonds. The van der Waals surface area contributed by atoms with Crippen molar-refractivity contribution in [3.05, 3.63) is 226 Å². The van der Waals surface area contributed by atoms with Gasteiger partial charge in [0.25, 0.3) is 0 Å². The van der Waals surface area contributed by atoms with Crippen molar-refractivity contribution in [1.29, 1.82) is 0 Å². The molecule has 0 aliphatic carbocycles. The maximum atomic E-state index is 12.0. The highest BCUT2D eigenvalue weighted by Gasteiger charge is 2.16. The van der Waals surface area contributed by atoms with E-state index in [2.05, 4.69) is 12.1 Å². The van der Waals surface area contributed by atoms with Crippen LogP contribution in [-0.2, 0) is 40.4 Å². The van der Waals surface area contributed by atoms with Crippen LogP contribution in [0.4, 0.5) is 0 Å². The Bertz CT molecular complexity index is 2820. The molecule has 1 N–H and O–H groups in total. The van der Waals surface area contributed by atoms with Crippen LogP contribution in [0.1, 0.15) is 29.2 Å². The van der Waals surface area contributed by atoms with Gasteiger partial charge in [0, 0.05) is 21.2 Å². The van der Waals surface area contributed by atoms with E-state index in [1.54, 1.807) is 0 Å². The van der Waals surface area contributed by atoms with E-state index in [1.807, 2.05) is 189 Å². The van der Waals surface area contributed by atoms with Crippen LogP contribution in [0.2, 0.25) is 10.0 Å². The molecule has 0 atom stereocenters. The Labute approximate surface area is 384 Å². The fourth-order valence-corrected chi connectivity index (χ4v) is 7.68. The lowest BCUT2D eigenvalue weighted by molar-refractivity contribution is -0.142. The van der Waals surface area contributed by atoms with E-state index in [0.29, 0.717) is 29.9 Å². The third-order valence-corrected chi connectivity index (χ3v) is 10.7. The summed E-state index contributed by atoms with van der Waals surface area (Å²) in [7, 11) is 0. The van der Waals surface area contributed by atoms with Crippen LogP contribution in [0.25, 0.3) is 44.5 Å². The second kappa shape index (κ2) is 22.3. The van der Waals surface area contributed by atoms with Crippen molar-refractivity contribution in [3.8, 4) is 56.0 Å². The quantitative estimate of drug-likeness (QED) is 0.103. The number of carboxylic acids is 1. The monoisotopic (exact) mass is 884 g/mol. The summed E-state index contributed by atoms with van der Waals surface area (Å²) in [5.41, 5.74) is 11.6. The maximum Gasteiger partial charge on any atom is 0.310 e. The van der Waals surface area contributed by atoms with Crippen molar-refractivity contribution in [3.63, 3.8) is 0 Å². The number of carbonyl (C=O) groups excluding carboxylic acids is 1. The van der Waals surface area contributed by atoms with Gasteiger partial charge in [0.05, 0.1) is 19.4 Å². The number of ether oxygens (including phenoxy) is 3. The minimum absolute atomic E-state index is 0.0153. The first-order valence-corrected chi connectivity index (χ1v) is 21.7. The highest BCUT2D eigenvalue weighted by atomic mass is 35.5. The van der Waals surface area contributed by atoms with E-state index in [-0.39, 0.29) is 18.8 Å². The number of carboxylic acid groups (broad SMARTS) is 1. The number of halogens is 2. The fraction of sp³-hybridized carbons (Fsp3) is 0.107. The minimum Gasteiger partial charge on any atom is -0.488 e. The normalized spacial score (nSPS) is 10.6. The summed E-state index contributed by atoms with van der Waals surface area (Å²) in [5.74, 6) is 0.423. The molecular weight excluding hydrogens is 840 g/mol. The molecule has 8 heteroatoms. The van der Waals surface area contributed by atoms with Gasteiger partial charge in [0.15, 0.2) is 0 Å². The van der Waals surface area contributed by atoms with Gasteiger partial charge < -0.3 is 19.3 Å². The molecule has 0 aliphatic heterocycles. The first kappa shape index (κ1) is 44.9. The Morgan fingerprint density at radius 3 is 1.28 bits per heavy atom. The van der Waals surface area contributed by atoms with Crippen molar-refractivity contribution >= 4 is 35.1 Å². The molecule has 8 aromatic carbocycles. The van der Waals surface area contributed by atoms with E-state index in [1.165, 1.54) is 0 Å². The summed E-state index contributed by atoms with van der Waals surface area (Å²) in [6.45, 7) is 3.10. The zero-order valence-corrected chi connectivity index (χ0v) is 36.8. The predicted molar refractivity (Wildman–Crippen MR) is 258 cm³/mol. The van der Waals surface area contributed by atoms with E-state index in [0.717, 1.165) is 78.3 Å². The third-order valence-electron chi connectivity index (χ3n) is 10.3. The molecule has 320 valence electrons. The van der Waals surface area contributed by atoms with Crippen molar-refractivity contribution in [2.45, 2.75) is 33.0 Å². The lowest BCUT2D eigenvalue weighted by atomic mass is 9.93. The van der Waals surface area contributed by atoms with Crippen LogP contribution < -0.4 is 9.47 Å². The van der Waals surface area contributed by atoms with E-state index in [9.17, 15) is 9.59 Å². The molecule has 8 rings (SSSR count). The van der Waals surface area contributed by atoms with Crippen molar-refractivity contribution in [2.75, 3.05) is 6.61 Å². The van der Waals surface area contributed by atoms with Gasteiger partial charge in [-0.25, -0.2) is 0 Å². The average molecular weight is 886 g/mol. The third kappa shape index (κ3) is 12.3. The molecule has 8 aromatic rings. The molecule has 0 aromatic heterocycles. The lowest BCUT2D eigenvalue weighted by Crippen LogP contribution is -2.07. The van der Waals surface area contributed by atoms with Crippen molar-refractivity contribution in [1.82, 2.24) is 0 Å². The fourth-order valence-electron chi connectivity index (χ4n) is 7.34. The van der Waals surface area contributed by atoms with Crippen LogP contribution in [0.3, 0.4) is 0 Å². The van der Waals surface area contributed by atoms with Gasteiger partial charge in [-0.1, -0.05) is 181 Å². The highest BCUT2D eigenvalue weighted by Crippen LogP contribution is 2.41. The van der Waals surface area contributed by atoms with Gasteiger partial charge in [-0.05, 0) is 99.0 Å². The van der Waals surface area contributed by atoms with Gasteiger partial charge in [-0.15, -0.1) is 0 Å². The predicted octanol–water partition coefficient (Wildman–Crippen LogP) is 14.2. The lowest BCUT2D eigenvalue weighted by Gasteiger charge is -2.16.